The van der Waals surface area contributed by atoms with Crippen molar-refractivity contribution in [3.63, 3.8) is 0 Å². The molecule has 1 aliphatic heterocycles. The van der Waals surface area contributed by atoms with E-state index < -0.39 is 5.54 Å². The summed E-state index contributed by atoms with van der Waals surface area (Å²) < 4.78 is 5.27. The zero-order chi connectivity index (χ0) is 16.4. The average Bonchev–Trinajstić information content (AvgIpc) is 3.20. The molecule has 23 heavy (non-hydrogen) atoms. The van der Waals surface area contributed by atoms with E-state index >= 15 is 0 Å². The van der Waals surface area contributed by atoms with E-state index in [0.717, 1.165) is 17.3 Å². The van der Waals surface area contributed by atoms with Crippen molar-refractivity contribution in [1.82, 2.24) is 20.4 Å². The highest BCUT2D eigenvalue weighted by Gasteiger charge is 2.49. The first-order chi connectivity index (χ1) is 11.1. The molecule has 1 unspecified atom stereocenters. The van der Waals surface area contributed by atoms with E-state index in [2.05, 4.69) is 15.5 Å². The zero-order valence-electron chi connectivity index (χ0n) is 13.3. The number of aromatic nitrogens is 2. The number of hydrogen-bond donors (Lipinski definition) is 2. The number of H-pyrrole nitrogens is 1. The van der Waals surface area contributed by atoms with Crippen LogP contribution < -0.4 is 5.32 Å². The van der Waals surface area contributed by atoms with Crippen molar-refractivity contribution in [2.24, 2.45) is 0 Å². The standard InChI is InChI=1S/C16H20N4O3/c1-17-15(22)16(10-23-2)7-4-8-20(16)14(21)11-5-3-6-13-12(11)9-18-19-13/h3,5-6,9H,4,7-8,10H2,1-2H3,(H,17,22)(H,18,19). The smallest absolute Gasteiger partial charge is 0.255 e. The summed E-state index contributed by atoms with van der Waals surface area (Å²) in [6.07, 6.45) is 2.99. The lowest BCUT2D eigenvalue weighted by atomic mass is 9.95. The van der Waals surface area contributed by atoms with Gasteiger partial charge in [-0.25, -0.2) is 0 Å². The third-order valence-corrected chi connectivity index (χ3v) is 4.48. The summed E-state index contributed by atoms with van der Waals surface area (Å²) in [5, 5.41) is 10.3. The topological polar surface area (TPSA) is 87.3 Å². The second-order valence-electron chi connectivity index (χ2n) is 5.74. The molecule has 2 aromatic rings. The monoisotopic (exact) mass is 316 g/mol. The van der Waals surface area contributed by atoms with E-state index in [1.54, 1.807) is 31.3 Å². The summed E-state index contributed by atoms with van der Waals surface area (Å²) in [6, 6.07) is 5.44. The number of nitrogens with one attached hydrogen (secondary N) is 2. The predicted molar refractivity (Wildman–Crippen MR) is 85.0 cm³/mol. The Hall–Kier alpha value is -2.41. The number of amides is 2. The number of benzene rings is 1. The van der Waals surface area contributed by atoms with Crippen molar-refractivity contribution in [3.8, 4) is 0 Å². The van der Waals surface area contributed by atoms with Gasteiger partial charge in [0.2, 0.25) is 5.91 Å². The fraction of sp³-hybridized carbons (Fsp3) is 0.438. The SMILES string of the molecule is CNC(=O)C1(COC)CCCN1C(=O)c1cccc2[nH]ncc12. The van der Waals surface area contributed by atoms with Crippen LogP contribution in [0.1, 0.15) is 23.2 Å². The highest BCUT2D eigenvalue weighted by molar-refractivity contribution is 6.08. The Morgan fingerprint density at radius 3 is 3.04 bits per heavy atom. The van der Waals surface area contributed by atoms with Crippen LogP contribution in [0.3, 0.4) is 0 Å². The molecule has 2 amide bonds. The van der Waals surface area contributed by atoms with Crippen molar-refractivity contribution in [1.29, 1.82) is 0 Å². The Morgan fingerprint density at radius 2 is 2.30 bits per heavy atom. The molecule has 0 aliphatic carbocycles. The first kappa shape index (κ1) is 15.5. The van der Waals surface area contributed by atoms with E-state index in [0.29, 0.717) is 18.5 Å². The molecular formula is C16H20N4O3. The summed E-state index contributed by atoms with van der Waals surface area (Å²) in [7, 11) is 3.12. The van der Waals surface area contributed by atoms with Crippen molar-refractivity contribution in [2.45, 2.75) is 18.4 Å². The lowest BCUT2D eigenvalue weighted by Crippen LogP contribution is -2.59. The Bertz CT molecular complexity index is 742. The fourth-order valence-electron chi connectivity index (χ4n) is 3.40. The van der Waals surface area contributed by atoms with Crippen LogP contribution in [0.25, 0.3) is 10.9 Å². The van der Waals surface area contributed by atoms with Crippen LogP contribution in [-0.2, 0) is 9.53 Å². The number of methoxy groups -OCH3 is 1. The molecule has 1 aromatic carbocycles. The van der Waals surface area contributed by atoms with Gasteiger partial charge in [-0.15, -0.1) is 0 Å². The van der Waals surface area contributed by atoms with Gasteiger partial charge in [0.1, 0.15) is 5.54 Å². The first-order valence-electron chi connectivity index (χ1n) is 7.59. The quantitative estimate of drug-likeness (QED) is 0.878. The minimum absolute atomic E-state index is 0.171. The number of carbonyl (C=O) groups excluding carboxylic acids is 2. The van der Waals surface area contributed by atoms with Gasteiger partial charge >= 0.3 is 0 Å². The molecule has 1 fully saturated rings. The number of hydrogen-bond acceptors (Lipinski definition) is 4. The van der Waals surface area contributed by atoms with Crippen LogP contribution in [0, 0.1) is 0 Å². The van der Waals surface area contributed by atoms with Crippen LogP contribution in [0.15, 0.2) is 24.4 Å². The maximum absolute atomic E-state index is 13.1. The van der Waals surface area contributed by atoms with Gasteiger partial charge in [-0.2, -0.15) is 5.10 Å². The van der Waals surface area contributed by atoms with Crippen LogP contribution in [-0.4, -0.2) is 59.8 Å². The molecule has 1 aliphatic rings. The number of nitrogens with zero attached hydrogens (tertiary/aromatic N) is 2. The van der Waals surface area contributed by atoms with Crippen molar-refractivity contribution >= 4 is 22.7 Å². The molecule has 0 saturated carbocycles. The van der Waals surface area contributed by atoms with Gasteiger partial charge in [0.15, 0.2) is 0 Å². The van der Waals surface area contributed by atoms with Crippen molar-refractivity contribution in [2.75, 3.05) is 27.3 Å². The maximum atomic E-state index is 13.1. The van der Waals surface area contributed by atoms with Crippen molar-refractivity contribution < 1.29 is 14.3 Å². The second kappa shape index (κ2) is 6.00. The van der Waals surface area contributed by atoms with E-state index in [1.807, 2.05) is 12.1 Å². The zero-order valence-corrected chi connectivity index (χ0v) is 13.3. The Labute approximate surface area is 134 Å². The molecule has 1 aromatic heterocycles. The minimum Gasteiger partial charge on any atom is -0.382 e. The van der Waals surface area contributed by atoms with Gasteiger partial charge in [-0.1, -0.05) is 6.07 Å². The summed E-state index contributed by atoms with van der Waals surface area (Å²) in [5.74, 6) is -0.361. The predicted octanol–water partition coefficient (Wildman–Crippen LogP) is 0.930. The third kappa shape index (κ3) is 2.37. The largest absolute Gasteiger partial charge is 0.382 e. The van der Waals surface area contributed by atoms with Crippen LogP contribution >= 0.6 is 0 Å². The van der Waals surface area contributed by atoms with Gasteiger partial charge in [0, 0.05) is 26.1 Å². The molecule has 7 nitrogen and oxygen atoms in total. The third-order valence-electron chi connectivity index (χ3n) is 4.48. The maximum Gasteiger partial charge on any atom is 0.255 e. The molecular weight excluding hydrogens is 296 g/mol. The normalized spacial score (nSPS) is 20.9. The number of likely N-dealkylation sites (tertiary alicyclic amines) is 1. The summed E-state index contributed by atoms with van der Waals surface area (Å²) >= 11 is 0. The van der Waals surface area contributed by atoms with Gasteiger partial charge in [0.25, 0.3) is 5.91 Å². The fourth-order valence-corrected chi connectivity index (χ4v) is 3.40. The summed E-state index contributed by atoms with van der Waals surface area (Å²) in [5.41, 5.74) is 0.391. The van der Waals surface area contributed by atoms with Crippen LogP contribution in [0.4, 0.5) is 0 Å². The first-order valence-corrected chi connectivity index (χ1v) is 7.59. The number of carbonyl (C=O) groups is 2. The summed E-state index contributed by atoms with van der Waals surface area (Å²) in [4.78, 5) is 27.2. The highest BCUT2D eigenvalue weighted by atomic mass is 16.5. The molecule has 2 heterocycles. The molecule has 2 N–H and O–H groups in total. The minimum atomic E-state index is -0.952. The number of aromatic amines is 1. The van der Waals surface area contributed by atoms with E-state index in [9.17, 15) is 9.59 Å². The Balaban J connectivity index is 2.03. The van der Waals surface area contributed by atoms with E-state index in [4.69, 9.17) is 4.74 Å². The van der Waals surface area contributed by atoms with Gasteiger partial charge < -0.3 is 15.0 Å². The molecule has 0 radical (unpaired) electrons. The number of fused-ring (bicyclic) bond motifs is 1. The Morgan fingerprint density at radius 1 is 1.48 bits per heavy atom. The average molecular weight is 316 g/mol. The lowest BCUT2D eigenvalue weighted by Gasteiger charge is -2.36. The van der Waals surface area contributed by atoms with Gasteiger partial charge in [0.05, 0.1) is 23.9 Å². The van der Waals surface area contributed by atoms with Gasteiger partial charge in [-0.3, -0.25) is 14.7 Å². The molecule has 0 bridgehead atoms. The molecule has 1 atom stereocenters. The number of ether oxygens (including phenoxy) is 1. The molecule has 0 spiro atoms. The summed E-state index contributed by atoms with van der Waals surface area (Å²) in [6.45, 7) is 0.712. The Kier molecular flexibility index (Phi) is 4.04. The molecule has 7 heteroatoms. The molecule has 3 rings (SSSR count). The van der Waals surface area contributed by atoms with Crippen molar-refractivity contribution in [3.05, 3.63) is 30.0 Å². The second-order valence-corrected chi connectivity index (χ2v) is 5.74. The number of rotatable bonds is 4. The molecule has 1 saturated heterocycles. The van der Waals surface area contributed by atoms with E-state index in [1.165, 1.54) is 0 Å². The van der Waals surface area contributed by atoms with Gasteiger partial charge in [-0.05, 0) is 25.0 Å². The highest BCUT2D eigenvalue weighted by Crippen LogP contribution is 2.32. The van der Waals surface area contributed by atoms with E-state index in [-0.39, 0.29) is 18.4 Å². The lowest BCUT2D eigenvalue weighted by molar-refractivity contribution is -0.133. The number of likely N-dealkylation sites (N-methyl/N-ethyl adjacent to an activating group) is 1. The van der Waals surface area contributed by atoms with Crippen LogP contribution in [0.5, 0.6) is 0 Å². The molecule has 122 valence electrons. The van der Waals surface area contributed by atoms with Crippen LogP contribution in [0.2, 0.25) is 0 Å².